The molecule has 1 unspecified atom stereocenters. The van der Waals surface area contributed by atoms with Gasteiger partial charge in [0.15, 0.2) is 0 Å². The summed E-state index contributed by atoms with van der Waals surface area (Å²) < 4.78 is 0. The zero-order chi connectivity index (χ0) is 10.6. The Bertz CT molecular complexity index is 208. The molecule has 0 bridgehead atoms. The standard InChI is InChI=1S/C12H22OS/c1-4-14-6-5-10-7-11(13)9-12(2,3)8-10/h7,11,13H,4-6,8-9H2,1-3H3. The highest BCUT2D eigenvalue weighted by Crippen LogP contribution is 2.36. The van der Waals surface area contributed by atoms with Gasteiger partial charge in [-0.3, -0.25) is 0 Å². The van der Waals surface area contributed by atoms with Crippen molar-refractivity contribution in [3.05, 3.63) is 11.6 Å². The van der Waals surface area contributed by atoms with Crippen LogP contribution in [-0.2, 0) is 0 Å². The maximum atomic E-state index is 9.69. The van der Waals surface area contributed by atoms with Crippen molar-refractivity contribution in [1.29, 1.82) is 0 Å². The van der Waals surface area contributed by atoms with Crippen molar-refractivity contribution in [1.82, 2.24) is 0 Å². The molecule has 0 saturated heterocycles. The Morgan fingerprint density at radius 1 is 1.57 bits per heavy atom. The molecule has 0 aromatic carbocycles. The van der Waals surface area contributed by atoms with Gasteiger partial charge in [0.05, 0.1) is 6.10 Å². The second-order valence-electron chi connectivity index (χ2n) is 4.88. The molecule has 0 saturated carbocycles. The molecule has 1 aliphatic carbocycles. The lowest BCUT2D eigenvalue weighted by atomic mass is 9.75. The normalized spacial score (nSPS) is 26.0. The number of thioether (sulfide) groups is 1. The molecule has 0 aromatic heterocycles. The lowest BCUT2D eigenvalue weighted by molar-refractivity contribution is 0.138. The summed E-state index contributed by atoms with van der Waals surface area (Å²) in [6.07, 6.45) is 5.09. The van der Waals surface area contributed by atoms with E-state index < -0.39 is 0 Å². The lowest BCUT2D eigenvalue weighted by Crippen LogP contribution is -2.25. The van der Waals surface area contributed by atoms with Crippen LogP contribution < -0.4 is 0 Å². The van der Waals surface area contributed by atoms with E-state index >= 15 is 0 Å². The molecule has 14 heavy (non-hydrogen) atoms. The third kappa shape index (κ3) is 4.05. The Morgan fingerprint density at radius 3 is 2.86 bits per heavy atom. The van der Waals surface area contributed by atoms with Crippen molar-refractivity contribution in [2.45, 2.75) is 46.1 Å². The fraction of sp³-hybridized carbons (Fsp3) is 0.833. The number of hydrogen-bond acceptors (Lipinski definition) is 2. The second-order valence-corrected chi connectivity index (χ2v) is 6.28. The van der Waals surface area contributed by atoms with E-state index in [1.165, 1.54) is 17.1 Å². The van der Waals surface area contributed by atoms with Crippen LogP contribution in [0.1, 0.15) is 40.0 Å². The minimum atomic E-state index is -0.208. The Kier molecular flexibility index (Phi) is 4.52. The van der Waals surface area contributed by atoms with Crippen LogP contribution >= 0.6 is 11.8 Å². The van der Waals surface area contributed by atoms with E-state index in [4.69, 9.17) is 0 Å². The minimum Gasteiger partial charge on any atom is -0.389 e. The summed E-state index contributed by atoms with van der Waals surface area (Å²) in [7, 11) is 0. The van der Waals surface area contributed by atoms with Crippen LogP contribution in [-0.4, -0.2) is 22.7 Å². The molecule has 2 heteroatoms. The average Bonchev–Trinajstić information content (AvgIpc) is 2.00. The number of aliphatic hydroxyl groups excluding tert-OH is 1. The van der Waals surface area contributed by atoms with Gasteiger partial charge in [-0.05, 0) is 36.2 Å². The van der Waals surface area contributed by atoms with Gasteiger partial charge in [0, 0.05) is 0 Å². The highest BCUT2D eigenvalue weighted by molar-refractivity contribution is 7.99. The molecule has 82 valence electrons. The monoisotopic (exact) mass is 214 g/mol. The van der Waals surface area contributed by atoms with Crippen molar-refractivity contribution in [3.63, 3.8) is 0 Å². The molecular formula is C12H22OS. The maximum Gasteiger partial charge on any atom is 0.0728 e. The lowest BCUT2D eigenvalue weighted by Gasteiger charge is -2.32. The molecule has 0 spiro atoms. The van der Waals surface area contributed by atoms with E-state index in [1.54, 1.807) is 0 Å². The van der Waals surface area contributed by atoms with Crippen molar-refractivity contribution < 1.29 is 5.11 Å². The molecule has 1 N–H and O–H groups in total. The van der Waals surface area contributed by atoms with Crippen LogP contribution in [0.15, 0.2) is 11.6 Å². The summed E-state index contributed by atoms with van der Waals surface area (Å²) in [4.78, 5) is 0. The van der Waals surface area contributed by atoms with Gasteiger partial charge >= 0.3 is 0 Å². The zero-order valence-corrected chi connectivity index (χ0v) is 10.4. The van der Waals surface area contributed by atoms with E-state index in [2.05, 4.69) is 26.8 Å². The van der Waals surface area contributed by atoms with Crippen LogP contribution in [0, 0.1) is 5.41 Å². The molecule has 1 rings (SSSR count). The molecule has 1 atom stereocenters. The Hall–Kier alpha value is 0.0500. The zero-order valence-electron chi connectivity index (χ0n) is 9.55. The number of rotatable bonds is 4. The molecule has 0 fully saturated rings. The number of aliphatic hydroxyl groups is 1. The van der Waals surface area contributed by atoms with Crippen molar-refractivity contribution in [2.24, 2.45) is 5.41 Å². The predicted molar refractivity (Wildman–Crippen MR) is 64.7 cm³/mol. The summed E-state index contributed by atoms with van der Waals surface area (Å²) in [6.45, 7) is 6.69. The summed E-state index contributed by atoms with van der Waals surface area (Å²) in [5, 5.41) is 9.69. The van der Waals surface area contributed by atoms with Crippen LogP contribution in [0.3, 0.4) is 0 Å². The molecule has 1 nitrogen and oxygen atoms in total. The Morgan fingerprint density at radius 2 is 2.29 bits per heavy atom. The summed E-state index contributed by atoms with van der Waals surface area (Å²) >= 11 is 1.98. The van der Waals surface area contributed by atoms with Gasteiger partial charge in [0.25, 0.3) is 0 Å². The largest absolute Gasteiger partial charge is 0.389 e. The molecule has 0 radical (unpaired) electrons. The van der Waals surface area contributed by atoms with Gasteiger partial charge in [-0.1, -0.05) is 32.4 Å². The molecule has 1 aliphatic rings. The summed E-state index contributed by atoms with van der Waals surface area (Å²) in [5.74, 6) is 2.39. The quantitative estimate of drug-likeness (QED) is 0.572. The third-order valence-electron chi connectivity index (χ3n) is 2.67. The molecule has 0 amide bonds. The highest BCUT2D eigenvalue weighted by atomic mass is 32.2. The smallest absolute Gasteiger partial charge is 0.0728 e. The third-order valence-corrected chi connectivity index (χ3v) is 3.57. The van der Waals surface area contributed by atoms with Gasteiger partial charge in [0.1, 0.15) is 0 Å². The molecule has 0 aromatic rings. The fourth-order valence-corrected chi connectivity index (χ4v) is 2.86. The molecular weight excluding hydrogens is 192 g/mol. The van der Waals surface area contributed by atoms with E-state index in [1.807, 2.05) is 11.8 Å². The topological polar surface area (TPSA) is 20.2 Å². The first-order valence-corrected chi connectivity index (χ1v) is 6.64. The number of hydrogen-bond donors (Lipinski definition) is 1. The average molecular weight is 214 g/mol. The molecule has 0 heterocycles. The first kappa shape index (κ1) is 12.1. The van der Waals surface area contributed by atoms with Crippen LogP contribution in [0.25, 0.3) is 0 Å². The SMILES string of the molecule is CCSCCC1=CC(O)CC(C)(C)C1. The van der Waals surface area contributed by atoms with Crippen molar-refractivity contribution in [3.8, 4) is 0 Å². The number of allylic oxidation sites excluding steroid dienone is 1. The summed E-state index contributed by atoms with van der Waals surface area (Å²) in [5.41, 5.74) is 1.75. The second kappa shape index (κ2) is 5.22. The fourth-order valence-electron chi connectivity index (χ4n) is 2.16. The van der Waals surface area contributed by atoms with E-state index in [0.29, 0.717) is 5.41 Å². The first-order chi connectivity index (χ1) is 6.53. The van der Waals surface area contributed by atoms with E-state index in [0.717, 1.165) is 19.3 Å². The van der Waals surface area contributed by atoms with Gasteiger partial charge in [-0.2, -0.15) is 11.8 Å². The van der Waals surface area contributed by atoms with E-state index in [-0.39, 0.29) is 6.10 Å². The Labute approximate surface area is 92.0 Å². The van der Waals surface area contributed by atoms with Gasteiger partial charge in [-0.25, -0.2) is 0 Å². The van der Waals surface area contributed by atoms with Gasteiger partial charge in [-0.15, -0.1) is 0 Å². The van der Waals surface area contributed by atoms with Gasteiger partial charge in [0.2, 0.25) is 0 Å². The highest BCUT2D eigenvalue weighted by Gasteiger charge is 2.27. The van der Waals surface area contributed by atoms with Crippen LogP contribution in [0.5, 0.6) is 0 Å². The minimum absolute atomic E-state index is 0.208. The van der Waals surface area contributed by atoms with Crippen LogP contribution in [0.2, 0.25) is 0 Å². The summed E-state index contributed by atoms with van der Waals surface area (Å²) in [6, 6.07) is 0. The maximum absolute atomic E-state index is 9.69. The van der Waals surface area contributed by atoms with Crippen molar-refractivity contribution in [2.75, 3.05) is 11.5 Å². The van der Waals surface area contributed by atoms with Gasteiger partial charge < -0.3 is 5.11 Å². The van der Waals surface area contributed by atoms with Crippen molar-refractivity contribution >= 4 is 11.8 Å². The molecule has 0 aliphatic heterocycles. The Balaban J connectivity index is 2.43. The predicted octanol–water partition coefficient (Wildman–Crippen LogP) is 3.24. The van der Waals surface area contributed by atoms with Crippen LogP contribution in [0.4, 0.5) is 0 Å². The first-order valence-electron chi connectivity index (χ1n) is 5.49. The van der Waals surface area contributed by atoms with E-state index in [9.17, 15) is 5.11 Å².